The molecule has 0 aliphatic rings. The van der Waals surface area contributed by atoms with Gasteiger partial charge in [-0.15, -0.1) is 0 Å². The van der Waals surface area contributed by atoms with E-state index in [2.05, 4.69) is 19.2 Å². The molecule has 0 saturated carbocycles. The van der Waals surface area contributed by atoms with Crippen molar-refractivity contribution in [3.8, 4) is 0 Å². The highest BCUT2D eigenvalue weighted by atomic mass is 35.5. The van der Waals surface area contributed by atoms with Crippen LogP contribution in [0.5, 0.6) is 0 Å². The van der Waals surface area contributed by atoms with Crippen LogP contribution in [0.1, 0.15) is 39.5 Å². The van der Waals surface area contributed by atoms with Crippen molar-refractivity contribution in [2.45, 2.75) is 45.6 Å². The first-order chi connectivity index (χ1) is 7.63. The zero-order valence-corrected chi connectivity index (χ0v) is 10.6. The molecule has 1 aromatic rings. The van der Waals surface area contributed by atoms with Crippen LogP contribution < -0.4 is 5.32 Å². The second-order valence-electron chi connectivity index (χ2n) is 4.17. The summed E-state index contributed by atoms with van der Waals surface area (Å²) in [6, 6.07) is 4.82. The van der Waals surface area contributed by atoms with Gasteiger partial charge in [0.05, 0.1) is 10.7 Å². The number of anilines is 1. The molecule has 3 heteroatoms. The maximum absolute atomic E-state index is 12.8. The van der Waals surface area contributed by atoms with E-state index in [0.717, 1.165) is 12.1 Å². The summed E-state index contributed by atoms with van der Waals surface area (Å²) in [6.45, 7) is 4.31. The number of rotatable bonds is 6. The number of halogens is 2. The molecule has 1 aromatic carbocycles. The zero-order chi connectivity index (χ0) is 12.0. The Labute approximate surface area is 102 Å². The molecule has 1 atom stereocenters. The van der Waals surface area contributed by atoms with Gasteiger partial charge in [-0.2, -0.15) is 0 Å². The molecule has 0 saturated heterocycles. The van der Waals surface area contributed by atoms with Crippen molar-refractivity contribution in [2.24, 2.45) is 0 Å². The van der Waals surface area contributed by atoms with Crippen LogP contribution >= 0.6 is 11.6 Å². The first kappa shape index (κ1) is 13.3. The second kappa shape index (κ2) is 6.74. The first-order valence-corrected chi connectivity index (χ1v) is 6.23. The molecule has 0 aliphatic carbocycles. The normalized spacial score (nSPS) is 12.5. The average molecular weight is 244 g/mol. The SMILES string of the molecule is CCCCCC(C)Nc1ccc(F)cc1Cl. The maximum atomic E-state index is 12.8. The molecule has 0 bridgehead atoms. The van der Waals surface area contributed by atoms with Gasteiger partial charge in [-0.05, 0) is 31.5 Å². The minimum atomic E-state index is -0.297. The highest BCUT2D eigenvalue weighted by Crippen LogP contribution is 2.23. The van der Waals surface area contributed by atoms with Gasteiger partial charge in [0.1, 0.15) is 5.82 Å². The second-order valence-corrected chi connectivity index (χ2v) is 4.57. The predicted molar refractivity (Wildman–Crippen MR) is 68.6 cm³/mol. The number of benzene rings is 1. The molecule has 0 radical (unpaired) electrons. The summed E-state index contributed by atoms with van der Waals surface area (Å²) in [4.78, 5) is 0. The molecule has 1 unspecified atom stereocenters. The number of unbranched alkanes of at least 4 members (excludes halogenated alkanes) is 2. The van der Waals surface area contributed by atoms with Crippen molar-refractivity contribution in [2.75, 3.05) is 5.32 Å². The van der Waals surface area contributed by atoms with E-state index in [4.69, 9.17) is 11.6 Å². The molecule has 0 aromatic heterocycles. The molecule has 0 fully saturated rings. The molecule has 1 N–H and O–H groups in total. The maximum Gasteiger partial charge on any atom is 0.124 e. The van der Waals surface area contributed by atoms with Crippen LogP contribution in [-0.2, 0) is 0 Å². The van der Waals surface area contributed by atoms with Gasteiger partial charge in [0.25, 0.3) is 0 Å². The Morgan fingerprint density at radius 3 is 2.75 bits per heavy atom. The van der Waals surface area contributed by atoms with Crippen LogP contribution in [0.25, 0.3) is 0 Å². The van der Waals surface area contributed by atoms with Crippen LogP contribution in [-0.4, -0.2) is 6.04 Å². The van der Waals surface area contributed by atoms with Gasteiger partial charge in [-0.3, -0.25) is 0 Å². The fourth-order valence-corrected chi connectivity index (χ4v) is 1.87. The molecular formula is C13H19ClFN. The smallest absolute Gasteiger partial charge is 0.124 e. The third kappa shape index (κ3) is 4.40. The van der Waals surface area contributed by atoms with Gasteiger partial charge in [-0.25, -0.2) is 4.39 Å². The molecular weight excluding hydrogens is 225 g/mol. The third-order valence-corrected chi connectivity index (χ3v) is 2.89. The van der Waals surface area contributed by atoms with E-state index in [0.29, 0.717) is 11.1 Å². The lowest BCUT2D eigenvalue weighted by Gasteiger charge is -2.16. The Bertz CT molecular complexity index is 328. The van der Waals surface area contributed by atoms with Crippen molar-refractivity contribution in [3.05, 3.63) is 29.0 Å². The molecule has 0 heterocycles. The van der Waals surface area contributed by atoms with Crippen molar-refractivity contribution >= 4 is 17.3 Å². The Kier molecular flexibility index (Phi) is 5.61. The van der Waals surface area contributed by atoms with Gasteiger partial charge < -0.3 is 5.32 Å². The topological polar surface area (TPSA) is 12.0 Å². The average Bonchev–Trinajstić information content (AvgIpc) is 2.23. The van der Waals surface area contributed by atoms with Crippen molar-refractivity contribution in [1.29, 1.82) is 0 Å². The number of nitrogens with one attached hydrogen (secondary N) is 1. The molecule has 0 aliphatic heterocycles. The van der Waals surface area contributed by atoms with E-state index < -0.39 is 0 Å². The minimum Gasteiger partial charge on any atom is -0.381 e. The molecule has 1 nitrogen and oxygen atoms in total. The summed E-state index contributed by atoms with van der Waals surface area (Å²) in [6.07, 6.45) is 4.80. The van der Waals surface area contributed by atoms with Gasteiger partial charge in [0.15, 0.2) is 0 Å². The van der Waals surface area contributed by atoms with Crippen molar-refractivity contribution in [1.82, 2.24) is 0 Å². The zero-order valence-electron chi connectivity index (χ0n) is 9.89. The Balaban J connectivity index is 2.46. The van der Waals surface area contributed by atoms with Crippen LogP contribution in [0.4, 0.5) is 10.1 Å². The van der Waals surface area contributed by atoms with Crippen LogP contribution in [0, 0.1) is 5.82 Å². The molecule has 90 valence electrons. The van der Waals surface area contributed by atoms with E-state index in [9.17, 15) is 4.39 Å². The molecule has 1 rings (SSSR count). The van der Waals surface area contributed by atoms with Crippen LogP contribution in [0.15, 0.2) is 18.2 Å². The predicted octanol–water partition coefficient (Wildman–Crippen LogP) is 4.86. The standard InChI is InChI=1S/C13H19ClFN/c1-3-4-5-6-10(2)16-13-8-7-11(15)9-12(13)14/h7-10,16H,3-6H2,1-2H3. The van der Waals surface area contributed by atoms with E-state index in [1.54, 1.807) is 6.07 Å². The van der Waals surface area contributed by atoms with Crippen LogP contribution in [0.3, 0.4) is 0 Å². The van der Waals surface area contributed by atoms with Gasteiger partial charge in [0.2, 0.25) is 0 Å². The van der Waals surface area contributed by atoms with E-state index in [1.165, 1.54) is 31.4 Å². The van der Waals surface area contributed by atoms with E-state index in [1.807, 2.05) is 0 Å². The van der Waals surface area contributed by atoms with Crippen molar-refractivity contribution < 1.29 is 4.39 Å². The summed E-state index contributed by atoms with van der Waals surface area (Å²) < 4.78 is 12.8. The third-order valence-electron chi connectivity index (χ3n) is 2.57. The van der Waals surface area contributed by atoms with E-state index in [-0.39, 0.29) is 5.82 Å². The minimum absolute atomic E-state index is 0.297. The van der Waals surface area contributed by atoms with Crippen molar-refractivity contribution in [3.63, 3.8) is 0 Å². The fraction of sp³-hybridized carbons (Fsp3) is 0.538. The summed E-state index contributed by atoms with van der Waals surface area (Å²) >= 11 is 5.93. The number of hydrogen-bond donors (Lipinski definition) is 1. The highest BCUT2D eigenvalue weighted by Gasteiger charge is 2.05. The summed E-state index contributed by atoms with van der Waals surface area (Å²) in [7, 11) is 0. The quantitative estimate of drug-likeness (QED) is 0.704. The lowest BCUT2D eigenvalue weighted by Crippen LogP contribution is -2.15. The monoisotopic (exact) mass is 243 g/mol. The van der Waals surface area contributed by atoms with Gasteiger partial charge >= 0.3 is 0 Å². The fourth-order valence-electron chi connectivity index (χ4n) is 1.64. The molecule has 0 spiro atoms. The summed E-state index contributed by atoms with van der Waals surface area (Å²) in [5, 5.41) is 3.74. The van der Waals surface area contributed by atoms with Gasteiger partial charge in [0, 0.05) is 6.04 Å². The van der Waals surface area contributed by atoms with Gasteiger partial charge in [-0.1, -0.05) is 37.8 Å². The van der Waals surface area contributed by atoms with E-state index >= 15 is 0 Å². The summed E-state index contributed by atoms with van der Waals surface area (Å²) in [5.74, 6) is -0.297. The largest absolute Gasteiger partial charge is 0.381 e. The Morgan fingerprint density at radius 2 is 2.12 bits per heavy atom. The lowest BCUT2D eigenvalue weighted by molar-refractivity contribution is 0.613. The lowest BCUT2D eigenvalue weighted by atomic mass is 10.1. The Hall–Kier alpha value is -0.760. The Morgan fingerprint density at radius 1 is 1.38 bits per heavy atom. The number of hydrogen-bond acceptors (Lipinski definition) is 1. The first-order valence-electron chi connectivity index (χ1n) is 5.85. The van der Waals surface area contributed by atoms with Crippen LogP contribution in [0.2, 0.25) is 5.02 Å². The molecule has 16 heavy (non-hydrogen) atoms. The summed E-state index contributed by atoms with van der Waals surface area (Å²) in [5.41, 5.74) is 0.812. The molecule has 0 amide bonds. The highest BCUT2D eigenvalue weighted by molar-refractivity contribution is 6.33.